The molecule has 2 aromatic heterocycles. The lowest BCUT2D eigenvalue weighted by atomic mass is 10.1. The second-order valence-corrected chi connectivity index (χ2v) is 9.13. The number of piperidine rings is 1. The van der Waals surface area contributed by atoms with Crippen LogP contribution in [0.3, 0.4) is 0 Å². The number of β-amino-alcohol motifs (C(OH)–C–C–N with tert-alkyl or cyclic N) is 1. The fourth-order valence-electron chi connectivity index (χ4n) is 4.02. The number of aromatic nitrogens is 3. The normalized spacial score (nSPS) is 16.2. The van der Waals surface area contributed by atoms with Gasteiger partial charge in [-0.15, -0.1) is 0 Å². The van der Waals surface area contributed by atoms with Crippen LogP contribution in [0.2, 0.25) is 10.0 Å². The summed E-state index contributed by atoms with van der Waals surface area (Å²) in [4.78, 5) is 19.1. The van der Waals surface area contributed by atoms with Crippen molar-refractivity contribution in [3.8, 4) is 5.75 Å². The maximum absolute atomic E-state index is 12.6. The molecule has 1 atom stereocenters. The van der Waals surface area contributed by atoms with Crippen LogP contribution in [0, 0.1) is 13.8 Å². The number of carbonyl (C=O) groups is 1. The van der Waals surface area contributed by atoms with Gasteiger partial charge in [-0.25, -0.2) is 9.50 Å². The first-order chi connectivity index (χ1) is 15.8. The Morgan fingerprint density at radius 1 is 1.30 bits per heavy atom. The van der Waals surface area contributed by atoms with E-state index >= 15 is 0 Å². The lowest BCUT2D eigenvalue weighted by Crippen LogP contribution is -2.45. The number of carbonyl (C=O) groups excluding carboxylic acids is 1. The van der Waals surface area contributed by atoms with Crippen molar-refractivity contribution in [1.82, 2.24) is 24.8 Å². The molecule has 33 heavy (non-hydrogen) atoms. The molecule has 2 N–H and O–H groups in total. The summed E-state index contributed by atoms with van der Waals surface area (Å²) in [5, 5.41) is 18.5. The first-order valence-corrected chi connectivity index (χ1v) is 11.7. The topological polar surface area (TPSA) is 92.0 Å². The Balaban J connectivity index is 1.24. The highest BCUT2D eigenvalue weighted by Crippen LogP contribution is 2.33. The molecule has 0 saturated carbocycles. The number of fused-ring (bicyclic) bond motifs is 1. The van der Waals surface area contributed by atoms with Crippen LogP contribution in [0.1, 0.15) is 34.6 Å². The Morgan fingerprint density at radius 2 is 2.06 bits per heavy atom. The number of rotatable bonds is 7. The van der Waals surface area contributed by atoms with E-state index in [1.165, 1.54) is 0 Å². The number of nitrogens with one attached hydrogen (secondary N) is 1. The van der Waals surface area contributed by atoms with E-state index in [4.69, 9.17) is 27.9 Å². The minimum atomic E-state index is -0.683. The summed E-state index contributed by atoms with van der Waals surface area (Å²) in [6.45, 7) is 5.90. The summed E-state index contributed by atoms with van der Waals surface area (Å²) in [7, 11) is 0. The molecule has 3 aromatic rings. The van der Waals surface area contributed by atoms with Crippen LogP contribution in [-0.2, 0) is 0 Å². The lowest BCUT2D eigenvalue weighted by molar-refractivity contribution is 0.0594. The summed E-state index contributed by atoms with van der Waals surface area (Å²) in [6, 6.07) is 7.22. The van der Waals surface area contributed by atoms with E-state index in [1.54, 1.807) is 16.8 Å². The predicted molar refractivity (Wildman–Crippen MR) is 127 cm³/mol. The van der Waals surface area contributed by atoms with Crippen molar-refractivity contribution in [2.24, 2.45) is 0 Å². The van der Waals surface area contributed by atoms with Gasteiger partial charge in [0.15, 0.2) is 5.65 Å². The van der Waals surface area contributed by atoms with Crippen molar-refractivity contribution in [2.45, 2.75) is 38.9 Å². The third-order valence-electron chi connectivity index (χ3n) is 5.80. The van der Waals surface area contributed by atoms with Gasteiger partial charge >= 0.3 is 0 Å². The molecule has 1 aliphatic heterocycles. The van der Waals surface area contributed by atoms with E-state index in [0.717, 1.165) is 31.6 Å². The summed E-state index contributed by atoms with van der Waals surface area (Å²) in [5.74, 6) is 0.318. The Kier molecular flexibility index (Phi) is 7.38. The largest absolute Gasteiger partial charge is 0.489 e. The van der Waals surface area contributed by atoms with E-state index in [-0.39, 0.29) is 18.6 Å². The van der Waals surface area contributed by atoms with Crippen LogP contribution in [0.4, 0.5) is 0 Å². The number of ether oxygens (including phenoxy) is 1. The van der Waals surface area contributed by atoms with E-state index < -0.39 is 6.10 Å². The monoisotopic (exact) mass is 491 g/mol. The second-order valence-electron chi connectivity index (χ2n) is 8.35. The quantitative estimate of drug-likeness (QED) is 0.526. The van der Waals surface area contributed by atoms with Crippen LogP contribution in [0.5, 0.6) is 5.75 Å². The highest BCUT2D eigenvalue weighted by atomic mass is 35.5. The fraction of sp³-hybridized carbons (Fsp3) is 0.435. The lowest BCUT2D eigenvalue weighted by Gasteiger charge is -2.33. The number of aryl methyl sites for hydroxylation is 2. The predicted octanol–water partition coefficient (Wildman–Crippen LogP) is 3.29. The highest BCUT2D eigenvalue weighted by molar-refractivity contribution is 6.42. The number of hydrogen-bond donors (Lipinski definition) is 2. The first-order valence-electron chi connectivity index (χ1n) is 10.9. The van der Waals surface area contributed by atoms with Gasteiger partial charge in [0, 0.05) is 38.4 Å². The maximum atomic E-state index is 12.6. The highest BCUT2D eigenvalue weighted by Gasteiger charge is 2.23. The summed E-state index contributed by atoms with van der Waals surface area (Å²) in [5.41, 5.74) is 2.69. The summed E-state index contributed by atoms with van der Waals surface area (Å²) < 4.78 is 7.67. The molecule has 0 bridgehead atoms. The van der Waals surface area contributed by atoms with Gasteiger partial charge < -0.3 is 20.1 Å². The SMILES string of the molecule is Cc1cc2ncc(C(=O)NC[C@@H](O)CN3CCC(Oc4cccc(Cl)c4Cl)CC3)c(C)n2n1. The maximum Gasteiger partial charge on any atom is 0.254 e. The van der Waals surface area contributed by atoms with Crippen LogP contribution >= 0.6 is 23.2 Å². The second kappa shape index (κ2) is 10.3. The number of hydrogen-bond acceptors (Lipinski definition) is 6. The first kappa shape index (κ1) is 23.8. The molecule has 10 heteroatoms. The van der Waals surface area contributed by atoms with Gasteiger partial charge in [0.2, 0.25) is 0 Å². The van der Waals surface area contributed by atoms with Crippen LogP contribution in [-0.4, -0.2) is 68.9 Å². The molecule has 3 heterocycles. The van der Waals surface area contributed by atoms with Crippen molar-refractivity contribution < 1.29 is 14.6 Å². The molecule has 0 aliphatic carbocycles. The number of amides is 1. The van der Waals surface area contributed by atoms with Gasteiger partial charge in [-0.3, -0.25) is 4.79 Å². The smallest absolute Gasteiger partial charge is 0.254 e. The van der Waals surface area contributed by atoms with Crippen molar-refractivity contribution >= 4 is 34.8 Å². The summed E-state index contributed by atoms with van der Waals surface area (Å²) >= 11 is 12.3. The number of benzene rings is 1. The Morgan fingerprint density at radius 3 is 2.82 bits per heavy atom. The molecule has 1 fully saturated rings. The average molecular weight is 492 g/mol. The van der Waals surface area contributed by atoms with Gasteiger partial charge in [-0.05, 0) is 38.8 Å². The van der Waals surface area contributed by atoms with E-state index in [1.807, 2.05) is 32.0 Å². The van der Waals surface area contributed by atoms with Crippen molar-refractivity contribution in [3.63, 3.8) is 0 Å². The van der Waals surface area contributed by atoms with Gasteiger partial charge in [0.05, 0.1) is 28.1 Å². The zero-order valence-corrected chi connectivity index (χ0v) is 20.1. The number of likely N-dealkylation sites (tertiary alicyclic amines) is 1. The molecule has 4 rings (SSSR count). The molecular weight excluding hydrogens is 465 g/mol. The zero-order valence-electron chi connectivity index (χ0n) is 18.6. The standard InChI is InChI=1S/C23H27Cl2N5O3/c1-14-10-21-26-12-18(15(2)30(21)28-14)23(32)27-11-16(31)13-29-8-6-17(7-9-29)33-20-5-3-4-19(24)22(20)25/h3-5,10,12,16-17,31H,6-9,11,13H2,1-2H3,(H,27,32)/t16-/m1/s1. The fourth-order valence-corrected chi connectivity index (χ4v) is 4.35. The van der Waals surface area contributed by atoms with Crippen molar-refractivity contribution in [1.29, 1.82) is 0 Å². The Hall–Kier alpha value is -2.39. The van der Waals surface area contributed by atoms with Crippen LogP contribution < -0.4 is 10.1 Å². The average Bonchev–Trinajstić information content (AvgIpc) is 3.18. The van der Waals surface area contributed by atoms with Gasteiger partial charge in [0.25, 0.3) is 5.91 Å². The molecule has 0 radical (unpaired) electrons. The number of halogens is 2. The number of nitrogens with zero attached hydrogens (tertiary/aromatic N) is 4. The Bertz CT molecular complexity index is 1140. The molecule has 1 aromatic carbocycles. The minimum Gasteiger partial charge on any atom is -0.489 e. The van der Waals surface area contributed by atoms with E-state index in [2.05, 4.69) is 20.3 Å². The van der Waals surface area contributed by atoms with Crippen LogP contribution in [0.25, 0.3) is 5.65 Å². The van der Waals surface area contributed by atoms with Crippen LogP contribution in [0.15, 0.2) is 30.5 Å². The minimum absolute atomic E-state index is 0.0467. The molecule has 8 nitrogen and oxygen atoms in total. The molecule has 0 unspecified atom stereocenters. The number of aliphatic hydroxyl groups excluding tert-OH is 1. The van der Waals surface area contributed by atoms with E-state index in [9.17, 15) is 9.90 Å². The Labute approximate surface area is 202 Å². The van der Waals surface area contributed by atoms with Crippen molar-refractivity contribution in [2.75, 3.05) is 26.2 Å². The molecular formula is C23H27Cl2N5O3. The van der Waals surface area contributed by atoms with Gasteiger partial charge in [0.1, 0.15) is 16.9 Å². The molecule has 1 amide bonds. The third kappa shape index (κ3) is 5.58. The molecule has 176 valence electrons. The van der Waals surface area contributed by atoms with E-state index in [0.29, 0.717) is 39.2 Å². The zero-order chi connectivity index (χ0) is 23.5. The number of aliphatic hydroxyl groups is 1. The summed E-state index contributed by atoms with van der Waals surface area (Å²) in [6.07, 6.45) is 2.54. The molecule has 0 spiro atoms. The third-order valence-corrected chi connectivity index (χ3v) is 6.60. The molecule has 1 saturated heterocycles. The van der Waals surface area contributed by atoms with Crippen molar-refractivity contribution in [3.05, 3.63) is 57.5 Å². The van der Waals surface area contributed by atoms with Gasteiger partial charge in [-0.1, -0.05) is 29.3 Å². The van der Waals surface area contributed by atoms with Gasteiger partial charge in [-0.2, -0.15) is 5.10 Å². The molecule has 1 aliphatic rings.